The standard InChI is InChI=1S/C20H29NO6/c1-18(2,3)26-15(22)11-13-7-9-14(10-8-13)12-20(21,16(23)24)17(25)27-19(4,5)6/h7-10H,11-12,21H2,1-6H3,(H,23,24)/t20-/m0/s1. The molecular formula is C20H29NO6. The van der Waals surface area contributed by atoms with Gasteiger partial charge in [-0.15, -0.1) is 0 Å². The van der Waals surface area contributed by atoms with Crippen LogP contribution in [0, 0.1) is 0 Å². The number of benzene rings is 1. The van der Waals surface area contributed by atoms with Crippen LogP contribution in [0.3, 0.4) is 0 Å². The van der Waals surface area contributed by atoms with Gasteiger partial charge in [0.15, 0.2) is 0 Å². The Kier molecular flexibility index (Phi) is 6.78. The molecule has 0 aliphatic rings. The van der Waals surface area contributed by atoms with Crippen LogP contribution in [0.1, 0.15) is 52.7 Å². The molecule has 0 radical (unpaired) electrons. The molecule has 27 heavy (non-hydrogen) atoms. The minimum atomic E-state index is -2.19. The Morgan fingerprint density at radius 3 is 1.74 bits per heavy atom. The van der Waals surface area contributed by atoms with Crippen molar-refractivity contribution >= 4 is 17.9 Å². The molecule has 1 atom stereocenters. The summed E-state index contributed by atoms with van der Waals surface area (Å²) < 4.78 is 10.4. The first-order valence-corrected chi connectivity index (χ1v) is 8.68. The summed E-state index contributed by atoms with van der Waals surface area (Å²) in [5.41, 5.74) is 3.50. The van der Waals surface area contributed by atoms with Gasteiger partial charge in [-0.25, -0.2) is 9.59 Å². The third-order valence-electron chi connectivity index (χ3n) is 3.42. The third kappa shape index (κ3) is 7.38. The molecule has 7 heteroatoms. The Labute approximate surface area is 159 Å². The van der Waals surface area contributed by atoms with E-state index in [0.717, 1.165) is 0 Å². The number of ether oxygens (including phenoxy) is 2. The number of nitrogens with two attached hydrogens (primary N) is 1. The summed E-state index contributed by atoms with van der Waals surface area (Å²) in [5.74, 6) is -2.82. The second kappa shape index (κ2) is 8.08. The first-order chi connectivity index (χ1) is 12.1. The normalized spacial score (nSPS) is 14.2. The maximum atomic E-state index is 12.3. The molecule has 0 bridgehead atoms. The van der Waals surface area contributed by atoms with E-state index in [1.807, 2.05) is 0 Å². The molecule has 150 valence electrons. The van der Waals surface area contributed by atoms with E-state index >= 15 is 0 Å². The molecular weight excluding hydrogens is 350 g/mol. The van der Waals surface area contributed by atoms with Crippen molar-refractivity contribution < 1.29 is 29.0 Å². The zero-order chi connectivity index (χ0) is 21.0. The van der Waals surface area contributed by atoms with Crippen LogP contribution in [0.25, 0.3) is 0 Å². The molecule has 0 fully saturated rings. The molecule has 0 heterocycles. The zero-order valence-corrected chi connectivity index (χ0v) is 16.8. The first-order valence-electron chi connectivity index (χ1n) is 8.68. The highest BCUT2D eigenvalue weighted by Gasteiger charge is 2.45. The van der Waals surface area contributed by atoms with Gasteiger partial charge in [-0.3, -0.25) is 4.79 Å². The highest BCUT2D eigenvalue weighted by Crippen LogP contribution is 2.19. The van der Waals surface area contributed by atoms with Crippen molar-refractivity contribution in [3.63, 3.8) is 0 Å². The molecule has 0 spiro atoms. The van der Waals surface area contributed by atoms with Gasteiger partial charge in [0.2, 0.25) is 5.54 Å². The second-order valence-corrected chi connectivity index (χ2v) is 8.53. The zero-order valence-electron chi connectivity index (χ0n) is 16.8. The van der Waals surface area contributed by atoms with Gasteiger partial charge in [-0.05, 0) is 52.7 Å². The van der Waals surface area contributed by atoms with Gasteiger partial charge in [0.05, 0.1) is 6.42 Å². The number of carboxylic acids is 1. The summed E-state index contributed by atoms with van der Waals surface area (Å²) in [6.45, 7) is 10.3. The molecule has 0 aliphatic heterocycles. The highest BCUT2D eigenvalue weighted by atomic mass is 16.6. The number of hydrogen-bond acceptors (Lipinski definition) is 6. The average molecular weight is 379 g/mol. The second-order valence-electron chi connectivity index (χ2n) is 8.53. The minimum absolute atomic E-state index is 0.0936. The van der Waals surface area contributed by atoms with Crippen molar-refractivity contribution in [3.05, 3.63) is 35.4 Å². The highest BCUT2D eigenvalue weighted by molar-refractivity contribution is 6.04. The lowest BCUT2D eigenvalue weighted by Crippen LogP contribution is -2.58. The van der Waals surface area contributed by atoms with Crippen molar-refractivity contribution in [2.75, 3.05) is 0 Å². The van der Waals surface area contributed by atoms with E-state index in [0.29, 0.717) is 11.1 Å². The molecule has 0 aliphatic carbocycles. The Morgan fingerprint density at radius 1 is 0.889 bits per heavy atom. The summed E-state index contributed by atoms with van der Waals surface area (Å²) in [5, 5.41) is 9.46. The lowest BCUT2D eigenvalue weighted by molar-refractivity contribution is -0.169. The maximum absolute atomic E-state index is 12.3. The molecule has 0 saturated carbocycles. The summed E-state index contributed by atoms with van der Waals surface area (Å²) in [7, 11) is 0. The summed E-state index contributed by atoms with van der Waals surface area (Å²) in [4.78, 5) is 35.8. The van der Waals surface area contributed by atoms with Crippen molar-refractivity contribution in [1.82, 2.24) is 0 Å². The Hall–Kier alpha value is -2.41. The van der Waals surface area contributed by atoms with Crippen molar-refractivity contribution in [1.29, 1.82) is 0 Å². The van der Waals surface area contributed by atoms with E-state index < -0.39 is 28.7 Å². The fourth-order valence-corrected chi connectivity index (χ4v) is 2.25. The number of esters is 2. The van der Waals surface area contributed by atoms with Crippen LogP contribution in [0.2, 0.25) is 0 Å². The summed E-state index contributed by atoms with van der Waals surface area (Å²) in [6, 6.07) is 6.62. The van der Waals surface area contributed by atoms with Gasteiger partial charge < -0.3 is 20.3 Å². The molecule has 0 saturated heterocycles. The van der Waals surface area contributed by atoms with Gasteiger partial charge in [0.25, 0.3) is 0 Å². The van der Waals surface area contributed by atoms with Crippen molar-refractivity contribution in [3.8, 4) is 0 Å². The van der Waals surface area contributed by atoms with Gasteiger partial charge in [-0.2, -0.15) is 0 Å². The SMILES string of the molecule is CC(C)(C)OC(=O)Cc1ccc(C[C@](N)(C(=O)O)C(=O)OC(C)(C)C)cc1. The fraction of sp³-hybridized carbons (Fsp3) is 0.550. The van der Waals surface area contributed by atoms with Gasteiger partial charge >= 0.3 is 17.9 Å². The Balaban J connectivity index is 2.89. The van der Waals surface area contributed by atoms with E-state index in [9.17, 15) is 19.5 Å². The molecule has 0 aromatic heterocycles. The molecule has 1 aromatic rings. The smallest absolute Gasteiger partial charge is 0.338 e. The molecule has 0 unspecified atom stereocenters. The average Bonchev–Trinajstić information content (AvgIpc) is 2.45. The molecule has 0 amide bonds. The molecule has 1 rings (SSSR count). The number of carboxylic acid groups (broad SMARTS) is 1. The number of hydrogen-bond donors (Lipinski definition) is 2. The van der Waals surface area contributed by atoms with E-state index in [2.05, 4.69) is 0 Å². The van der Waals surface area contributed by atoms with E-state index in [-0.39, 0.29) is 18.8 Å². The predicted octanol–water partition coefficient (Wildman–Crippen LogP) is 2.24. The molecule has 3 N–H and O–H groups in total. The van der Waals surface area contributed by atoms with E-state index in [1.54, 1.807) is 65.8 Å². The number of rotatable bonds is 6. The van der Waals surface area contributed by atoms with Gasteiger partial charge in [-0.1, -0.05) is 24.3 Å². The van der Waals surface area contributed by atoms with E-state index in [4.69, 9.17) is 15.2 Å². The summed E-state index contributed by atoms with van der Waals surface area (Å²) in [6.07, 6.45) is -0.139. The topological polar surface area (TPSA) is 116 Å². The van der Waals surface area contributed by atoms with E-state index in [1.165, 1.54) is 0 Å². The van der Waals surface area contributed by atoms with Crippen molar-refractivity contribution in [2.24, 2.45) is 5.73 Å². The van der Waals surface area contributed by atoms with Crippen LogP contribution in [-0.2, 0) is 36.7 Å². The summed E-state index contributed by atoms with van der Waals surface area (Å²) >= 11 is 0. The Morgan fingerprint density at radius 2 is 1.33 bits per heavy atom. The van der Waals surface area contributed by atoms with Crippen molar-refractivity contribution in [2.45, 2.75) is 71.1 Å². The lowest BCUT2D eigenvalue weighted by atomic mass is 9.91. The Bertz CT molecular complexity index is 697. The van der Waals surface area contributed by atoms with Gasteiger partial charge in [0, 0.05) is 6.42 Å². The van der Waals surface area contributed by atoms with Gasteiger partial charge in [0.1, 0.15) is 11.2 Å². The van der Waals surface area contributed by atoms with Crippen LogP contribution < -0.4 is 5.73 Å². The van der Waals surface area contributed by atoms with Crippen LogP contribution >= 0.6 is 0 Å². The molecule has 1 aromatic carbocycles. The van der Waals surface area contributed by atoms with Crippen LogP contribution in [0.15, 0.2) is 24.3 Å². The number of aliphatic carboxylic acids is 1. The van der Waals surface area contributed by atoms with Crippen LogP contribution in [0.4, 0.5) is 0 Å². The number of carbonyl (C=O) groups excluding carboxylic acids is 2. The third-order valence-corrected chi connectivity index (χ3v) is 3.42. The fourth-order valence-electron chi connectivity index (χ4n) is 2.25. The largest absolute Gasteiger partial charge is 0.479 e. The number of carbonyl (C=O) groups is 3. The minimum Gasteiger partial charge on any atom is -0.479 e. The monoisotopic (exact) mass is 379 g/mol. The predicted molar refractivity (Wildman–Crippen MR) is 100 cm³/mol. The lowest BCUT2D eigenvalue weighted by Gasteiger charge is -2.28. The quantitative estimate of drug-likeness (QED) is 0.575. The first kappa shape index (κ1) is 22.6. The maximum Gasteiger partial charge on any atom is 0.338 e. The van der Waals surface area contributed by atoms with Crippen LogP contribution in [-0.4, -0.2) is 39.8 Å². The molecule has 7 nitrogen and oxygen atoms in total. The van der Waals surface area contributed by atoms with Crippen LogP contribution in [0.5, 0.6) is 0 Å².